The molecule has 2 N–H and O–H groups in total. The molecule has 1 saturated carbocycles. The molecular formula is C16H25N3O. The number of anilines is 1. The van der Waals surface area contributed by atoms with Gasteiger partial charge >= 0.3 is 0 Å². The number of nitrogens with one attached hydrogen (secondary N) is 1. The third kappa shape index (κ3) is 3.49. The fraction of sp³-hybridized carbons (Fsp3) is 0.688. The molecule has 4 heteroatoms. The van der Waals surface area contributed by atoms with Gasteiger partial charge in [-0.3, -0.25) is 0 Å². The summed E-state index contributed by atoms with van der Waals surface area (Å²) in [6, 6.07) is 6.74. The minimum Gasteiger partial charge on any atom is -0.393 e. The van der Waals surface area contributed by atoms with Crippen LogP contribution in [0.2, 0.25) is 0 Å². The van der Waals surface area contributed by atoms with Crippen molar-refractivity contribution in [3.8, 4) is 0 Å². The fourth-order valence-electron chi connectivity index (χ4n) is 3.42. The van der Waals surface area contributed by atoms with Gasteiger partial charge in [0, 0.05) is 25.3 Å². The van der Waals surface area contributed by atoms with Gasteiger partial charge in [0.05, 0.1) is 6.10 Å². The quantitative estimate of drug-likeness (QED) is 0.880. The van der Waals surface area contributed by atoms with E-state index < -0.39 is 0 Å². The van der Waals surface area contributed by atoms with E-state index in [1.807, 2.05) is 12.3 Å². The largest absolute Gasteiger partial charge is 0.393 e. The SMILES string of the molecule is OC1CCC(CNC2CCN(c3ccccn3)CC2)C1. The van der Waals surface area contributed by atoms with Gasteiger partial charge in [-0.25, -0.2) is 4.98 Å². The summed E-state index contributed by atoms with van der Waals surface area (Å²) in [6.45, 7) is 3.25. The molecule has 4 nitrogen and oxygen atoms in total. The number of piperidine rings is 1. The van der Waals surface area contributed by atoms with Crippen LogP contribution in [0.1, 0.15) is 32.1 Å². The van der Waals surface area contributed by atoms with Crippen molar-refractivity contribution in [3.05, 3.63) is 24.4 Å². The van der Waals surface area contributed by atoms with E-state index in [-0.39, 0.29) is 6.10 Å². The van der Waals surface area contributed by atoms with Crippen molar-refractivity contribution in [2.75, 3.05) is 24.5 Å². The summed E-state index contributed by atoms with van der Waals surface area (Å²) < 4.78 is 0. The maximum absolute atomic E-state index is 9.56. The number of aliphatic hydroxyl groups excluding tert-OH is 1. The second kappa shape index (κ2) is 6.55. The van der Waals surface area contributed by atoms with Gasteiger partial charge in [0.2, 0.25) is 0 Å². The Kier molecular flexibility index (Phi) is 4.53. The average molecular weight is 275 g/mol. The van der Waals surface area contributed by atoms with Crippen molar-refractivity contribution in [2.45, 2.75) is 44.2 Å². The lowest BCUT2D eigenvalue weighted by Gasteiger charge is -2.33. The summed E-state index contributed by atoms with van der Waals surface area (Å²) in [6.07, 6.45) is 7.35. The number of hydrogen-bond donors (Lipinski definition) is 2. The Morgan fingerprint density at radius 1 is 1.20 bits per heavy atom. The summed E-state index contributed by atoms with van der Waals surface area (Å²) >= 11 is 0. The van der Waals surface area contributed by atoms with Gasteiger partial charge in [0.1, 0.15) is 5.82 Å². The van der Waals surface area contributed by atoms with Crippen molar-refractivity contribution in [2.24, 2.45) is 5.92 Å². The number of hydrogen-bond acceptors (Lipinski definition) is 4. The maximum atomic E-state index is 9.56. The Hall–Kier alpha value is -1.13. The van der Waals surface area contributed by atoms with Gasteiger partial charge in [-0.15, -0.1) is 0 Å². The molecule has 2 atom stereocenters. The first-order chi connectivity index (χ1) is 9.81. The summed E-state index contributed by atoms with van der Waals surface area (Å²) in [7, 11) is 0. The number of pyridine rings is 1. The topological polar surface area (TPSA) is 48.4 Å². The van der Waals surface area contributed by atoms with Crippen molar-refractivity contribution in [1.29, 1.82) is 0 Å². The Balaban J connectivity index is 1.40. The standard InChI is InChI=1S/C16H25N3O/c20-15-5-4-13(11-15)12-18-14-6-9-19(10-7-14)16-3-1-2-8-17-16/h1-3,8,13-15,18,20H,4-7,9-12H2. The van der Waals surface area contributed by atoms with E-state index in [1.165, 1.54) is 19.3 Å². The number of aliphatic hydroxyl groups is 1. The smallest absolute Gasteiger partial charge is 0.128 e. The van der Waals surface area contributed by atoms with Crippen LogP contribution in [-0.2, 0) is 0 Å². The van der Waals surface area contributed by atoms with Gasteiger partial charge in [0.15, 0.2) is 0 Å². The summed E-state index contributed by atoms with van der Waals surface area (Å²) in [5.74, 6) is 1.78. The summed E-state index contributed by atoms with van der Waals surface area (Å²) in [5.41, 5.74) is 0. The molecule has 0 bridgehead atoms. The first kappa shape index (κ1) is 13.8. The van der Waals surface area contributed by atoms with E-state index in [9.17, 15) is 5.11 Å². The van der Waals surface area contributed by atoms with E-state index in [0.29, 0.717) is 12.0 Å². The molecule has 1 aromatic rings. The van der Waals surface area contributed by atoms with Crippen molar-refractivity contribution >= 4 is 5.82 Å². The van der Waals surface area contributed by atoms with Crippen LogP contribution in [0.25, 0.3) is 0 Å². The first-order valence-corrected chi connectivity index (χ1v) is 7.88. The van der Waals surface area contributed by atoms with Gasteiger partial charge in [0.25, 0.3) is 0 Å². The molecule has 0 spiro atoms. The van der Waals surface area contributed by atoms with E-state index in [4.69, 9.17) is 0 Å². The summed E-state index contributed by atoms with van der Waals surface area (Å²) in [5, 5.41) is 13.3. The predicted octanol–water partition coefficient (Wildman–Crippen LogP) is 1.80. The van der Waals surface area contributed by atoms with E-state index in [1.54, 1.807) is 0 Å². The number of nitrogens with zero attached hydrogens (tertiary/aromatic N) is 2. The minimum atomic E-state index is -0.0483. The Morgan fingerprint density at radius 2 is 2.05 bits per heavy atom. The second-order valence-electron chi connectivity index (χ2n) is 6.19. The third-order valence-corrected chi connectivity index (χ3v) is 4.68. The molecule has 3 rings (SSSR count). The number of aromatic nitrogens is 1. The van der Waals surface area contributed by atoms with Crippen LogP contribution in [0.4, 0.5) is 5.82 Å². The zero-order valence-corrected chi connectivity index (χ0v) is 12.0. The highest BCUT2D eigenvalue weighted by Crippen LogP contribution is 2.25. The molecule has 0 amide bonds. The molecule has 0 aromatic carbocycles. The van der Waals surface area contributed by atoms with Crippen LogP contribution in [0.5, 0.6) is 0 Å². The van der Waals surface area contributed by atoms with Gasteiger partial charge < -0.3 is 15.3 Å². The third-order valence-electron chi connectivity index (χ3n) is 4.68. The fourth-order valence-corrected chi connectivity index (χ4v) is 3.42. The maximum Gasteiger partial charge on any atom is 0.128 e. The highest BCUT2D eigenvalue weighted by molar-refractivity contribution is 5.38. The molecule has 2 heterocycles. The molecular weight excluding hydrogens is 250 g/mol. The molecule has 0 radical (unpaired) electrons. The van der Waals surface area contributed by atoms with Crippen LogP contribution in [0, 0.1) is 5.92 Å². The van der Waals surface area contributed by atoms with Gasteiger partial charge in [-0.1, -0.05) is 6.07 Å². The van der Waals surface area contributed by atoms with Crippen molar-refractivity contribution in [1.82, 2.24) is 10.3 Å². The molecule has 1 aliphatic carbocycles. The predicted molar refractivity (Wildman–Crippen MR) is 80.8 cm³/mol. The normalized spacial score (nSPS) is 27.9. The van der Waals surface area contributed by atoms with Gasteiger partial charge in [-0.2, -0.15) is 0 Å². The molecule has 2 fully saturated rings. The lowest BCUT2D eigenvalue weighted by Crippen LogP contribution is -2.44. The van der Waals surface area contributed by atoms with Crippen molar-refractivity contribution < 1.29 is 5.11 Å². The molecule has 1 saturated heterocycles. The van der Waals surface area contributed by atoms with Crippen LogP contribution in [-0.4, -0.2) is 41.9 Å². The molecule has 1 aromatic heterocycles. The number of rotatable bonds is 4. The van der Waals surface area contributed by atoms with E-state index in [0.717, 1.165) is 38.3 Å². The van der Waals surface area contributed by atoms with E-state index in [2.05, 4.69) is 27.3 Å². The molecule has 1 aliphatic heterocycles. The Labute approximate surface area is 121 Å². The van der Waals surface area contributed by atoms with Crippen LogP contribution in [0.15, 0.2) is 24.4 Å². The van der Waals surface area contributed by atoms with Crippen LogP contribution < -0.4 is 10.2 Å². The first-order valence-electron chi connectivity index (χ1n) is 7.88. The van der Waals surface area contributed by atoms with Gasteiger partial charge in [-0.05, 0) is 56.7 Å². The second-order valence-corrected chi connectivity index (χ2v) is 6.19. The molecule has 2 unspecified atom stereocenters. The van der Waals surface area contributed by atoms with E-state index >= 15 is 0 Å². The zero-order chi connectivity index (χ0) is 13.8. The Morgan fingerprint density at radius 3 is 2.70 bits per heavy atom. The van der Waals surface area contributed by atoms with Crippen LogP contribution in [0.3, 0.4) is 0 Å². The monoisotopic (exact) mass is 275 g/mol. The highest BCUT2D eigenvalue weighted by atomic mass is 16.3. The lowest BCUT2D eigenvalue weighted by atomic mass is 10.0. The Bertz CT molecular complexity index is 403. The minimum absolute atomic E-state index is 0.0483. The molecule has 110 valence electrons. The molecule has 20 heavy (non-hydrogen) atoms. The highest BCUT2D eigenvalue weighted by Gasteiger charge is 2.25. The molecule has 2 aliphatic rings. The van der Waals surface area contributed by atoms with Crippen molar-refractivity contribution in [3.63, 3.8) is 0 Å². The zero-order valence-electron chi connectivity index (χ0n) is 12.0. The lowest BCUT2D eigenvalue weighted by molar-refractivity contribution is 0.177. The summed E-state index contributed by atoms with van der Waals surface area (Å²) in [4.78, 5) is 6.80. The van der Waals surface area contributed by atoms with Crippen LogP contribution >= 0.6 is 0 Å². The average Bonchev–Trinajstić information content (AvgIpc) is 2.92.